The van der Waals surface area contributed by atoms with Crippen LogP contribution in [0.2, 0.25) is 0 Å². The van der Waals surface area contributed by atoms with E-state index in [1.807, 2.05) is 0 Å². The molecule has 0 saturated carbocycles. The number of rotatable bonds is 7. The van der Waals surface area contributed by atoms with Crippen LogP contribution in [0.25, 0.3) is 0 Å². The Morgan fingerprint density at radius 2 is 1.64 bits per heavy atom. The Kier molecular flexibility index (Phi) is 7.89. The first kappa shape index (κ1) is 10.9. The van der Waals surface area contributed by atoms with Crippen LogP contribution in [-0.2, 0) is 4.74 Å². The molecule has 0 atom stereocenters. The van der Waals surface area contributed by atoms with Crippen molar-refractivity contribution in [3.05, 3.63) is 0 Å². The Morgan fingerprint density at radius 3 is 2.00 bits per heavy atom. The topological polar surface area (TPSA) is 49.7 Å². The summed E-state index contributed by atoms with van der Waals surface area (Å²) in [7, 11) is 1.66. The molecule has 0 aliphatic carbocycles. The lowest BCUT2D eigenvalue weighted by Crippen LogP contribution is -2.08. The van der Waals surface area contributed by atoms with Crippen LogP contribution in [-0.4, -0.2) is 37.1 Å². The summed E-state index contributed by atoms with van der Waals surface area (Å²) >= 11 is 0. The minimum Gasteiger partial charge on any atom is -0.396 e. The molecule has 0 bridgehead atoms. The average molecular weight is 162 g/mol. The zero-order chi connectivity index (χ0) is 8.53. The molecule has 0 heterocycles. The quantitative estimate of drug-likeness (QED) is 0.570. The largest absolute Gasteiger partial charge is 0.396 e. The van der Waals surface area contributed by atoms with Gasteiger partial charge in [0.1, 0.15) is 0 Å². The van der Waals surface area contributed by atoms with Crippen LogP contribution in [0.3, 0.4) is 0 Å². The van der Waals surface area contributed by atoms with Gasteiger partial charge in [0.15, 0.2) is 0 Å². The first-order chi connectivity index (χ1) is 5.35. The summed E-state index contributed by atoms with van der Waals surface area (Å²) in [6.45, 7) is 1.12. The zero-order valence-corrected chi connectivity index (χ0v) is 7.12. The summed E-state index contributed by atoms with van der Waals surface area (Å²) in [5.41, 5.74) is 0. The molecule has 0 rings (SSSR count). The van der Waals surface area contributed by atoms with Gasteiger partial charge in [-0.15, -0.1) is 0 Å². The van der Waals surface area contributed by atoms with Gasteiger partial charge in [0.05, 0.1) is 0 Å². The molecular formula is C8H18O3. The van der Waals surface area contributed by atoms with Crippen molar-refractivity contribution in [2.24, 2.45) is 5.92 Å². The number of ether oxygens (including phenoxy) is 1. The minimum atomic E-state index is 0.203. The van der Waals surface area contributed by atoms with E-state index in [1.54, 1.807) is 7.11 Å². The summed E-state index contributed by atoms with van der Waals surface area (Å²) in [5, 5.41) is 17.3. The van der Waals surface area contributed by atoms with Gasteiger partial charge in [-0.25, -0.2) is 0 Å². The maximum atomic E-state index is 8.64. The van der Waals surface area contributed by atoms with E-state index in [-0.39, 0.29) is 13.2 Å². The van der Waals surface area contributed by atoms with Crippen molar-refractivity contribution in [2.75, 3.05) is 26.9 Å². The predicted molar refractivity (Wildman–Crippen MR) is 43.4 cm³/mol. The fourth-order valence-electron chi connectivity index (χ4n) is 1.08. The van der Waals surface area contributed by atoms with Crippen molar-refractivity contribution in [1.82, 2.24) is 0 Å². The third-order valence-electron chi connectivity index (χ3n) is 1.80. The van der Waals surface area contributed by atoms with Gasteiger partial charge in [0.2, 0.25) is 0 Å². The van der Waals surface area contributed by atoms with Crippen molar-refractivity contribution < 1.29 is 14.9 Å². The van der Waals surface area contributed by atoms with Crippen molar-refractivity contribution in [3.8, 4) is 0 Å². The van der Waals surface area contributed by atoms with E-state index >= 15 is 0 Å². The van der Waals surface area contributed by atoms with Crippen LogP contribution in [0.4, 0.5) is 0 Å². The van der Waals surface area contributed by atoms with Gasteiger partial charge in [-0.05, 0) is 25.2 Å². The van der Waals surface area contributed by atoms with Gasteiger partial charge < -0.3 is 14.9 Å². The highest BCUT2D eigenvalue weighted by Gasteiger charge is 2.06. The molecule has 0 aromatic carbocycles. The number of methoxy groups -OCH3 is 1. The maximum Gasteiger partial charge on any atom is 0.0464 e. The molecule has 3 heteroatoms. The SMILES string of the molecule is COCCC(CCO)CCO. The Morgan fingerprint density at radius 1 is 1.09 bits per heavy atom. The molecular weight excluding hydrogens is 144 g/mol. The normalized spacial score (nSPS) is 10.9. The molecule has 0 spiro atoms. The molecule has 0 aliphatic heterocycles. The molecule has 0 aliphatic rings. The average Bonchev–Trinajstić information content (AvgIpc) is 2.01. The summed E-state index contributed by atoms with van der Waals surface area (Å²) in [6.07, 6.45) is 2.46. The molecule has 0 aromatic rings. The standard InChI is InChI=1S/C8H18O3/c1-11-7-4-8(2-5-9)3-6-10/h8-10H,2-7H2,1H3. The van der Waals surface area contributed by atoms with E-state index < -0.39 is 0 Å². The van der Waals surface area contributed by atoms with E-state index in [4.69, 9.17) is 14.9 Å². The van der Waals surface area contributed by atoms with Crippen LogP contribution in [0.5, 0.6) is 0 Å². The highest BCUT2D eigenvalue weighted by Crippen LogP contribution is 2.11. The first-order valence-electron chi connectivity index (χ1n) is 4.05. The van der Waals surface area contributed by atoms with E-state index in [2.05, 4.69) is 0 Å². The number of aliphatic hydroxyl groups excluding tert-OH is 2. The molecule has 68 valence electrons. The fraction of sp³-hybridized carbons (Fsp3) is 1.00. The summed E-state index contributed by atoms with van der Waals surface area (Å²) < 4.78 is 4.90. The molecule has 3 nitrogen and oxygen atoms in total. The van der Waals surface area contributed by atoms with Gasteiger partial charge in [0, 0.05) is 26.9 Å². The second-order valence-electron chi connectivity index (χ2n) is 2.67. The monoisotopic (exact) mass is 162 g/mol. The lowest BCUT2D eigenvalue weighted by Gasteiger charge is -2.12. The number of hydrogen-bond donors (Lipinski definition) is 2. The minimum absolute atomic E-state index is 0.203. The van der Waals surface area contributed by atoms with Crippen LogP contribution in [0, 0.1) is 5.92 Å². The Labute approximate surface area is 68.0 Å². The molecule has 2 N–H and O–H groups in total. The first-order valence-corrected chi connectivity index (χ1v) is 4.05. The van der Waals surface area contributed by atoms with Crippen molar-refractivity contribution >= 4 is 0 Å². The fourth-order valence-corrected chi connectivity index (χ4v) is 1.08. The third-order valence-corrected chi connectivity index (χ3v) is 1.80. The Hall–Kier alpha value is -0.120. The second kappa shape index (κ2) is 7.98. The van der Waals surface area contributed by atoms with E-state index in [9.17, 15) is 0 Å². The molecule has 11 heavy (non-hydrogen) atoms. The number of aliphatic hydroxyl groups is 2. The summed E-state index contributed by atoms with van der Waals surface area (Å²) in [6, 6.07) is 0. The molecule has 0 radical (unpaired) electrons. The van der Waals surface area contributed by atoms with Gasteiger partial charge in [-0.2, -0.15) is 0 Å². The third kappa shape index (κ3) is 6.28. The van der Waals surface area contributed by atoms with Gasteiger partial charge in [-0.1, -0.05) is 0 Å². The Bertz CT molecular complexity index is 69.7. The smallest absolute Gasteiger partial charge is 0.0464 e. The van der Waals surface area contributed by atoms with Crippen molar-refractivity contribution in [1.29, 1.82) is 0 Å². The second-order valence-corrected chi connectivity index (χ2v) is 2.67. The lowest BCUT2D eigenvalue weighted by molar-refractivity contribution is 0.150. The van der Waals surface area contributed by atoms with Gasteiger partial charge >= 0.3 is 0 Å². The van der Waals surface area contributed by atoms with Crippen molar-refractivity contribution in [2.45, 2.75) is 19.3 Å². The van der Waals surface area contributed by atoms with Crippen molar-refractivity contribution in [3.63, 3.8) is 0 Å². The van der Waals surface area contributed by atoms with Gasteiger partial charge in [0.25, 0.3) is 0 Å². The van der Waals surface area contributed by atoms with Gasteiger partial charge in [-0.3, -0.25) is 0 Å². The Balaban J connectivity index is 3.34. The molecule has 0 unspecified atom stereocenters. The maximum absolute atomic E-state index is 8.64. The molecule has 0 amide bonds. The molecule has 0 fully saturated rings. The van der Waals surface area contributed by atoms with Crippen LogP contribution in [0.1, 0.15) is 19.3 Å². The highest BCUT2D eigenvalue weighted by atomic mass is 16.5. The summed E-state index contributed by atoms with van der Waals surface area (Å²) in [5.74, 6) is 0.407. The van der Waals surface area contributed by atoms with E-state index in [0.717, 1.165) is 19.3 Å². The van der Waals surface area contributed by atoms with Crippen LogP contribution >= 0.6 is 0 Å². The predicted octanol–water partition coefficient (Wildman–Crippen LogP) is 0.404. The number of hydrogen-bond acceptors (Lipinski definition) is 3. The summed E-state index contributed by atoms with van der Waals surface area (Å²) in [4.78, 5) is 0. The van der Waals surface area contributed by atoms with Crippen LogP contribution in [0.15, 0.2) is 0 Å². The highest BCUT2D eigenvalue weighted by molar-refractivity contribution is 4.57. The molecule has 0 saturated heterocycles. The van der Waals surface area contributed by atoms with E-state index in [0.29, 0.717) is 12.5 Å². The lowest BCUT2D eigenvalue weighted by atomic mass is 9.99. The van der Waals surface area contributed by atoms with Crippen LogP contribution < -0.4 is 0 Å². The zero-order valence-electron chi connectivity index (χ0n) is 7.12. The molecule has 0 aromatic heterocycles. The van der Waals surface area contributed by atoms with E-state index in [1.165, 1.54) is 0 Å².